The summed E-state index contributed by atoms with van der Waals surface area (Å²) >= 11 is 5.69. The van der Waals surface area contributed by atoms with Gasteiger partial charge in [0.15, 0.2) is 5.82 Å². The summed E-state index contributed by atoms with van der Waals surface area (Å²) in [4.78, 5) is 2.15. The third-order valence-corrected chi connectivity index (χ3v) is 6.75. The lowest BCUT2D eigenvalue weighted by Crippen LogP contribution is -2.44. The number of benzene rings is 1. The Labute approximate surface area is 156 Å². The van der Waals surface area contributed by atoms with Crippen molar-refractivity contribution in [2.45, 2.75) is 42.5 Å². The van der Waals surface area contributed by atoms with Gasteiger partial charge in [-0.15, -0.1) is 0 Å². The predicted octanol–water partition coefficient (Wildman–Crippen LogP) is 3.03. The summed E-state index contributed by atoms with van der Waals surface area (Å²) in [6, 6.07) is 5.36. The van der Waals surface area contributed by atoms with Crippen LogP contribution in [0, 0.1) is 5.82 Å². The number of aromatic nitrogens is 2. The number of aromatic amines is 1. The third-order valence-electron chi connectivity index (χ3n) is 4.94. The van der Waals surface area contributed by atoms with Crippen molar-refractivity contribution in [3.63, 3.8) is 0 Å². The maximum atomic E-state index is 13.2. The summed E-state index contributed by atoms with van der Waals surface area (Å²) < 4.78 is 40.9. The van der Waals surface area contributed by atoms with Crippen LogP contribution < -0.4 is 9.62 Å². The minimum Gasteiger partial charge on any atom is -0.355 e. The first kappa shape index (κ1) is 17.8. The van der Waals surface area contributed by atoms with Gasteiger partial charge in [-0.05, 0) is 43.9 Å². The molecule has 0 spiro atoms. The molecule has 9 heteroatoms. The highest BCUT2D eigenvalue weighted by molar-refractivity contribution is 7.89. The highest BCUT2D eigenvalue weighted by Gasteiger charge is 2.29. The second-order valence-electron chi connectivity index (χ2n) is 6.91. The van der Waals surface area contributed by atoms with Crippen LogP contribution in [0.15, 0.2) is 29.2 Å². The van der Waals surface area contributed by atoms with Gasteiger partial charge in [0.2, 0.25) is 10.0 Å². The highest BCUT2D eigenvalue weighted by Crippen LogP contribution is 2.40. The zero-order chi connectivity index (χ0) is 18.3. The molecule has 1 saturated heterocycles. The Bertz CT molecular complexity index is 905. The fourth-order valence-corrected chi connectivity index (χ4v) is 4.82. The van der Waals surface area contributed by atoms with E-state index in [1.54, 1.807) is 0 Å². The summed E-state index contributed by atoms with van der Waals surface area (Å²) in [5.41, 5.74) is 1.19. The molecule has 6 nitrogen and oxygen atoms in total. The molecule has 2 heterocycles. The molecule has 1 saturated carbocycles. The molecule has 0 atom stereocenters. The number of halogens is 2. The largest absolute Gasteiger partial charge is 0.355 e. The van der Waals surface area contributed by atoms with E-state index in [1.807, 2.05) is 0 Å². The molecule has 0 amide bonds. The van der Waals surface area contributed by atoms with Crippen LogP contribution in [0.25, 0.3) is 0 Å². The Kier molecular flexibility index (Phi) is 4.66. The van der Waals surface area contributed by atoms with Crippen molar-refractivity contribution >= 4 is 27.4 Å². The molecule has 2 aromatic rings. The van der Waals surface area contributed by atoms with Gasteiger partial charge in [-0.25, -0.2) is 17.5 Å². The van der Waals surface area contributed by atoms with Gasteiger partial charge in [-0.1, -0.05) is 11.6 Å². The van der Waals surface area contributed by atoms with Crippen LogP contribution >= 0.6 is 11.6 Å². The van der Waals surface area contributed by atoms with Crippen molar-refractivity contribution in [1.82, 2.24) is 14.9 Å². The number of hydrogen-bond acceptors (Lipinski definition) is 4. The van der Waals surface area contributed by atoms with Crippen LogP contribution in [-0.2, 0) is 10.0 Å². The SMILES string of the molecule is O=S(=O)(NC1CCN(c2cc(C3CC3)[nH]n2)CC1)c1ccc(F)c(Cl)c1. The summed E-state index contributed by atoms with van der Waals surface area (Å²) in [5, 5.41) is 7.28. The van der Waals surface area contributed by atoms with E-state index in [9.17, 15) is 12.8 Å². The number of H-pyrrole nitrogens is 1. The molecule has 0 unspecified atom stereocenters. The van der Waals surface area contributed by atoms with Gasteiger partial charge in [0, 0.05) is 36.8 Å². The molecule has 1 aliphatic carbocycles. The number of piperidine rings is 1. The summed E-state index contributed by atoms with van der Waals surface area (Å²) in [6.45, 7) is 1.46. The Morgan fingerprint density at radius 1 is 1.19 bits per heavy atom. The maximum Gasteiger partial charge on any atom is 0.240 e. The number of nitrogens with one attached hydrogen (secondary N) is 2. The number of hydrogen-bond donors (Lipinski definition) is 2. The van der Waals surface area contributed by atoms with Crippen LogP contribution in [0.5, 0.6) is 0 Å². The van der Waals surface area contributed by atoms with Crippen molar-refractivity contribution in [2.24, 2.45) is 0 Å². The lowest BCUT2D eigenvalue weighted by Gasteiger charge is -2.32. The first-order valence-corrected chi connectivity index (χ1v) is 10.6. The normalized spacial score (nSPS) is 19.1. The molecule has 26 heavy (non-hydrogen) atoms. The zero-order valence-corrected chi connectivity index (χ0v) is 15.7. The molecular weight excluding hydrogens is 379 g/mol. The molecule has 4 rings (SSSR count). The van der Waals surface area contributed by atoms with Gasteiger partial charge in [-0.3, -0.25) is 5.10 Å². The lowest BCUT2D eigenvalue weighted by molar-refractivity contribution is 0.458. The molecule has 1 aliphatic heterocycles. The summed E-state index contributed by atoms with van der Waals surface area (Å²) in [6.07, 6.45) is 3.80. The van der Waals surface area contributed by atoms with E-state index in [-0.39, 0.29) is 16.0 Å². The standard InChI is InChI=1S/C17H20ClFN4O2S/c18-14-9-13(3-4-15(14)19)26(24,25)22-12-5-7-23(8-6-12)17-10-16(20-21-17)11-1-2-11/h3-4,9-12,22H,1-2,5-8H2,(H,20,21). The van der Waals surface area contributed by atoms with E-state index in [1.165, 1.54) is 24.6 Å². The summed E-state index contributed by atoms with van der Waals surface area (Å²) in [5.74, 6) is 0.921. The lowest BCUT2D eigenvalue weighted by atomic mass is 10.1. The Morgan fingerprint density at radius 3 is 2.58 bits per heavy atom. The van der Waals surface area contributed by atoms with E-state index in [4.69, 9.17) is 11.6 Å². The van der Waals surface area contributed by atoms with Crippen LogP contribution in [-0.4, -0.2) is 37.7 Å². The molecule has 1 aromatic heterocycles. The van der Waals surface area contributed by atoms with Crippen molar-refractivity contribution in [2.75, 3.05) is 18.0 Å². The second-order valence-corrected chi connectivity index (χ2v) is 9.04. The van der Waals surface area contributed by atoms with E-state index in [2.05, 4.69) is 25.9 Å². The van der Waals surface area contributed by atoms with Gasteiger partial charge in [0.1, 0.15) is 5.82 Å². The molecule has 1 aromatic carbocycles. The van der Waals surface area contributed by atoms with Crippen LogP contribution in [0.1, 0.15) is 37.3 Å². The number of rotatable bonds is 5. The van der Waals surface area contributed by atoms with E-state index in [0.29, 0.717) is 18.8 Å². The van der Waals surface area contributed by atoms with E-state index < -0.39 is 15.8 Å². The minimum atomic E-state index is -3.72. The number of sulfonamides is 1. The van der Waals surface area contributed by atoms with Gasteiger partial charge in [-0.2, -0.15) is 5.10 Å². The quantitative estimate of drug-likeness (QED) is 0.811. The first-order valence-electron chi connectivity index (χ1n) is 8.70. The van der Waals surface area contributed by atoms with Crippen molar-refractivity contribution in [3.8, 4) is 0 Å². The Balaban J connectivity index is 1.37. The average molecular weight is 399 g/mol. The topological polar surface area (TPSA) is 78.1 Å². The fourth-order valence-electron chi connectivity index (χ4n) is 3.25. The minimum absolute atomic E-state index is 0.0206. The van der Waals surface area contributed by atoms with E-state index in [0.717, 1.165) is 31.0 Å². The molecule has 2 fully saturated rings. The molecule has 2 N–H and O–H groups in total. The van der Waals surface area contributed by atoms with Crippen molar-refractivity contribution < 1.29 is 12.8 Å². The van der Waals surface area contributed by atoms with E-state index >= 15 is 0 Å². The van der Waals surface area contributed by atoms with Crippen LogP contribution in [0.2, 0.25) is 5.02 Å². The van der Waals surface area contributed by atoms with Gasteiger partial charge in [0.05, 0.1) is 9.92 Å². The Hall–Kier alpha value is -1.64. The highest BCUT2D eigenvalue weighted by atomic mass is 35.5. The van der Waals surface area contributed by atoms with Gasteiger partial charge < -0.3 is 4.90 Å². The predicted molar refractivity (Wildman–Crippen MR) is 97.5 cm³/mol. The molecule has 140 valence electrons. The fraction of sp³-hybridized carbons (Fsp3) is 0.471. The van der Waals surface area contributed by atoms with Crippen molar-refractivity contribution in [3.05, 3.63) is 40.8 Å². The third kappa shape index (κ3) is 3.72. The Morgan fingerprint density at radius 2 is 1.92 bits per heavy atom. The maximum absolute atomic E-state index is 13.2. The van der Waals surface area contributed by atoms with Crippen molar-refractivity contribution in [1.29, 1.82) is 0 Å². The smallest absolute Gasteiger partial charge is 0.240 e. The van der Waals surface area contributed by atoms with Crippen LogP contribution in [0.3, 0.4) is 0 Å². The molecule has 2 aliphatic rings. The number of nitrogens with zero attached hydrogens (tertiary/aromatic N) is 2. The number of anilines is 1. The molecule has 0 bridgehead atoms. The van der Waals surface area contributed by atoms with Gasteiger partial charge >= 0.3 is 0 Å². The van der Waals surface area contributed by atoms with Gasteiger partial charge in [0.25, 0.3) is 0 Å². The monoisotopic (exact) mass is 398 g/mol. The zero-order valence-electron chi connectivity index (χ0n) is 14.1. The molecule has 0 radical (unpaired) electrons. The van der Waals surface area contributed by atoms with Crippen LogP contribution in [0.4, 0.5) is 10.2 Å². The first-order chi connectivity index (χ1) is 12.4. The second kappa shape index (κ2) is 6.83. The molecular formula is C17H20ClFN4O2S. The summed E-state index contributed by atoms with van der Waals surface area (Å²) in [7, 11) is -3.72. The average Bonchev–Trinajstić information content (AvgIpc) is 3.35.